The standard InChI is InChI=1S/C7H10N2O5S2/c8-16(13,14)9-15(11,12)5-6-2-1-3-7(10)4-6/h1-4,9-10H,5H2,(H2,8,13,14). The molecule has 1 aromatic rings. The zero-order valence-corrected chi connectivity index (χ0v) is 9.62. The van der Waals surface area contributed by atoms with Gasteiger partial charge in [0, 0.05) is 0 Å². The van der Waals surface area contributed by atoms with Crippen molar-refractivity contribution in [2.45, 2.75) is 5.75 Å². The first kappa shape index (κ1) is 12.9. The second-order valence-corrected chi connectivity index (χ2v) is 6.33. The van der Waals surface area contributed by atoms with E-state index in [0.717, 1.165) is 0 Å². The molecule has 7 nitrogen and oxygen atoms in total. The number of benzene rings is 1. The molecule has 1 rings (SSSR count). The quantitative estimate of drug-likeness (QED) is 0.645. The minimum Gasteiger partial charge on any atom is -0.508 e. The summed E-state index contributed by atoms with van der Waals surface area (Å²) in [6, 6.07) is 5.45. The van der Waals surface area contributed by atoms with Crippen LogP contribution in [0.1, 0.15) is 5.56 Å². The highest BCUT2D eigenvalue weighted by Crippen LogP contribution is 2.13. The SMILES string of the molecule is NS(=O)(=O)NS(=O)(=O)Cc1cccc(O)c1. The van der Waals surface area contributed by atoms with E-state index in [9.17, 15) is 16.8 Å². The van der Waals surface area contributed by atoms with Crippen LogP contribution in [0.5, 0.6) is 5.75 Å². The van der Waals surface area contributed by atoms with Gasteiger partial charge in [0.05, 0.1) is 5.75 Å². The van der Waals surface area contributed by atoms with Crippen LogP contribution in [0.15, 0.2) is 24.3 Å². The molecule has 0 aliphatic carbocycles. The van der Waals surface area contributed by atoms with Crippen molar-refractivity contribution in [3.05, 3.63) is 29.8 Å². The first-order valence-corrected chi connectivity index (χ1v) is 7.20. The van der Waals surface area contributed by atoms with Crippen LogP contribution in [0, 0.1) is 0 Å². The molecule has 0 bridgehead atoms. The van der Waals surface area contributed by atoms with E-state index in [1.165, 1.54) is 28.4 Å². The Labute approximate surface area is 93.1 Å². The van der Waals surface area contributed by atoms with Crippen molar-refractivity contribution < 1.29 is 21.9 Å². The Morgan fingerprint density at radius 1 is 1.25 bits per heavy atom. The van der Waals surface area contributed by atoms with Gasteiger partial charge in [-0.2, -0.15) is 8.42 Å². The van der Waals surface area contributed by atoms with Crippen molar-refractivity contribution in [2.75, 3.05) is 0 Å². The summed E-state index contributed by atoms with van der Waals surface area (Å²) in [7, 11) is -8.40. The summed E-state index contributed by atoms with van der Waals surface area (Å²) in [4.78, 5) is 0. The molecule has 0 saturated heterocycles. The highest BCUT2D eigenvalue weighted by atomic mass is 32.3. The highest BCUT2D eigenvalue weighted by molar-refractivity contribution is 8.03. The van der Waals surface area contributed by atoms with Gasteiger partial charge >= 0.3 is 0 Å². The molecule has 0 atom stereocenters. The third-order valence-corrected chi connectivity index (χ3v) is 4.17. The molecule has 0 fully saturated rings. The number of aromatic hydroxyl groups is 1. The van der Waals surface area contributed by atoms with Crippen LogP contribution in [0.25, 0.3) is 0 Å². The number of phenolic OH excluding ortho intramolecular Hbond substituents is 1. The molecule has 0 unspecified atom stereocenters. The van der Waals surface area contributed by atoms with E-state index in [-0.39, 0.29) is 11.3 Å². The van der Waals surface area contributed by atoms with E-state index in [0.29, 0.717) is 0 Å². The second kappa shape index (κ2) is 4.37. The van der Waals surface area contributed by atoms with Gasteiger partial charge in [0.2, 0.25) is 10.0 Å². The van der Waals surface area contributed by atoms with Crippen LogP contribution in [0.4, 0.5) is 0 Å². The molecule has 0 heterocycles. The Bertz CT molecular complexity index is 579. The number of rotatable bonds is 4. The third kappa shape index (κ3) is 4.57. The molecule has 1 aromatic carbocycles. The summed E-state index contributed by atoms with van der Waals surface area (Å²) in [5, 5.41) is 13.6. The maximum atomic E-state index is 11.3. The normalized spacial score (nSPS) is 12.6. The zero-order chi connectivity index (χ0) is 12.4. The zero-order valence-electron chi connectivity index (χ0n) is 7.99. The fourth-order valence-electron chi connectivity index (χ4n) is 1.07. The maximum absolute atomic E-state index is 11.3. The topological polar surface area (TPSA) is 127 Å². The largest absolute Gasteiger partial charge is 0.508 e. The van der Waals surface area contributed by atoms with Crippen molar-refractivity contribution in [1.82, 2.24) is 4.13 Å². The van der Waals surface area contributed by atoms with E-state index in [4.69, 9.17) is 5.11 Å². The van der Waals surface area contributed by atoms with Gasteiger partial charge in [-0.05, 0) is 17.7 Å². The number of hydrogen-bond acceptors (Lipinski definition) is 5. The summed E-state index contributed by atoms with van der Waals surface area (Å²) in [5.74, 6) is -0.694. The lowest BCUT2D eigenvalue weighted by Gasteiger charge is -2.04. The molecule has 0 saturated carbocycles. The lowest BCUT2D eigenvalue weighted by molar-refractivity contribution is 0.475. The van der Waals surface area contributed by atoms with E-state index in [2.05, 4.69) is 5.14 Å². The van der Waals surface area contributed by atoms with Gasteiger partial charge in [0.25, 0.3) is 10.2 Å². The second-order valence-electron chi connectivity index (χ2n) is 3.06. The van der Waals surface area contributed by atoms with Crippen LogP contribution >= 0.6 is 0 Å². The van der Waals surface area contributed by atoms with E-state index in [1.807, 2.05) is 0 Å². The third-order valence-electron chi connectivity index (χ3n) is 1.51. The van der Waals surface area contributed by atoms with Gasteiger partial charge in [-0.25, -0.2) is 13.6 Å². The Morgan fingerprint density at radius 3 is 2.38 bits per heavy atom. The molecular weight excluding hydrogens is 256 g/mol. The molecule has 16 heavy (non-hydrogen) atoms. The predicted molar refractivity (Wildman–Crippen MR) is 57.0 cm³/mol. The first-order valence-electron chi connectivity index (χ1n) is 4.00. The van der Waals surface area contributed by atoms with Crippen molar-refractivity contribution in [3.63, 3.8) is 0 Å². The van der Waals surface area contributed by atoms with Gasteiger partial charge in [-0.15, -0.1) is 0 Å². The van der Waals surface area contributed by atoms with Gasteiger partial charge in [0.15, 0.2) is 0 Å². The van der Waals surface area contributed by atoms with Crippen LogP contribution in [-0.2, 0) is 26.0 Å². The first-order chi connectivity index (χ1) is 7.18. The van der Waals surface area contributed by atoms with Crippen molar-refractivity contribution >= 4 is 20.2 Å². The number of nitrogens with one attached hydrogen (secondary N) is 1. The Hall–Kier alpha value is -1.16. The molecule has 0 spiro atoms. The number of hydrogen-bond donors (Lipinski definition) is 3. The van der Waals surface area contributed by atoms with Crippen LogP contribution < -0.4 is 9.27 Å². The summed E-state index contributed by atoms with van der Waals surface area (Å²) in [5.41, 5.74) is 0.246. The molecule has 0 aromatic heterocycles. The highest BCUT2D eigenvalue weighted by Gasteiger charge is 2.17. The van der Waals surface area contributed by atoms with Crippen LogP contribution in [0.2, 0.25) is 0 Å². The van der Waals surface area contributed by atoms with Gasteiger partial charge in [-0.1, -0.05) is 16.3 Å². The van der Waals surface area contributed by atoms with Crippen molar-refractivity contribution in [2.24, 2.45) is 5.14 Å². The minimum absolute atomic E-state index is 0.108. The van der Waals surface area contributed by atoms with E-state index < -0.39 is 26.0 Å². The number of sulfonamides is 1. The fourth-order valence-corrected chi connectivity index (χ4v) is 3.34. The lowest BCUT2D eigenvalue weighted by atomic mass is 10.2. The van der Waals surface area contributed by atoms with Gasteiger partial charge < -0.3 is 5.11 Å². The van der Waals surface area contributed by atoms with Gasteiger partial charge in [0.1, 0.15) is 5.75 Å². The number of phenols is 1. The lowest BCUT2D eigenvalue weighted by Crippen LogP contribution is -2.36. The molecule has 0 amide bonds. The van der Waals surface area contributed by atoms with E-state index >= 15 is 0 Å². The molecule has 9 heteroatoms. The summed E-state index contributed by atoms with van der Waals surface area (Å²) >= 11 is 0. The molecule has 0 aliphatic rings. The van der Waals surface area contributed by atoms with Gasteiger partial charge in [-0.3, -0.25) is 0 Å². The Balaban J connectivity index is 2.90. The summed E-state index contributed by atoms with van der Waals surface area (Å²) in [6.45, 7) is 0. The predicted octanol–water partition coefficient (Wildman–Crippen LogP) is -0.985. The molecule has 0 radical (unpaired) electrons. The van der Waals surface area contributed by atoms with E-state index in [1.54, 1.807) is 0 Å². The average molecular weight is 266 g/mol. The number of nitrogens with two attached hydrogens (primary N) is 1. The fraction of sp³-hybridized carbons (Fsp3) is 0.143. The summed E-state index contributed by atoms with van der Waals surface area (Å²) < 4.78 is 44.9. The Morgan fingerprint density at radius 2 is 1.88 bits per heavy atom. The average Bonchev–Trinajstić information content (AvgIpc) is 1.96. The minimum atomic E-state index is -4.31. The molecule has 0 aliphatic heterocycles. The molecule has 90 valence electrons. The monoisotopic (exact) mass is 266 g/mol. The summed E-state index contributed by atoms with van der Waals surface area (Å²) in [6.07, 6.45) is 0. The smallest absolute Gasteiger partial charge is 0.287 e. The van der Waals surface area contributed by atoms with Crippen molar-refractivity contribution in [3.8, 4) is 5.75 Å². The molecule has 4 N–H and O–H groups in total. The van der Waals surface area contributed by atoms with Crippen LogP contribution in [0.3, 0.4) is 0 Å². The maximum Gasteiger partial charge on any atom is 0.287 e. The van der Waals surface area contributed by atoms with Crippen LogP contribution in [-0.4, -0.2) is 21.9 Å². The van der Waals surface area contributed by atoms with Crippen molar-refractivity contribution in [1.29, 1.82) is 0 Å². The molecular formula is C7H10N2O5S2. The Kier molecular flexibility index (Phi) is 3.53.